The topological polar surface area (TPSA) is 32.5 Å². The standard InChI is InChI=1S/C13H29N3/c1-4-13(10-14)6-7-15-8-9-16(5-2)12(3)11-15/h12-13H,4-11,14H2,1-3H3. The molecule has 0 amide bonds. The first kappa shape index (κ1) is 13.9. The van der Waals surface area contributed by atoms with E-state index in [1.165, 1.54) is 45.6 Å². The Hall–Kier alpha value is -0.120. The summed E-state index contributed by atoms with van der Waals surface area (Å²) in [6, 6.07) is 0.719. The summed E-state index contributed by atoms with van der Waals surface area (Å²) in [7, 11) is 0. The first-order valence-corrected chi connectivity index (χ1v) is 6.87. The molecule has 0 aromatic heterocycles. The van der Waals surface area contributed by atoms with Crippen molar-refractivity contribution >= 4 is 0 Å². The van der Waals surface area contributed by atoms with Crippen molar-refractivity contribution < 1.29 is 0 Å². The number of hydrogen-bond donors (Lipinski definition) is 1. The Kier molecular flexibility index (Phi) is 6.32. The van der Waals surface area contributed by atoms with Crippen molar-refractivity contribution in [1.82, 2.24) is 9.80 Å². The van der Waals surface area contributed by atoms with Crippen LogP contribution in [0, 0.1) is 5.92 Å². The van der Waals surface area contributed by atoms with Gasteiger partial charge in [-0.05, 0) is 38.9 Å². The molecule has 1 aliphatic heterocycles. The Labute approximate surface area is 101 Å². The molecule has 3 heteroatoms. The average Bonchev–Trinajstić information content (AvgIpc) is 2.30. The van der Waals surface area contributed by atoms with Gasteiger partial charge in [0.2, 0.25) is 0 Å². The molecule has 96 valence electrons. The van der Waals surface area contributed by atoms with Gasteiger partial charge in [-0.1, -0.05) is 20.3 Å². The molecule has 0 aliphatic carbocycles. The molecule has 2 atom stereocenters. The maximum Gasteiger partial charge on any atom is 0.0195 e. The van der Waals surface area contributed by atoms with Crippen LogP contribution in [0.5, 0.6) is 0 Å². The summed E-state index contributed by atoms with van der Waals surface area (Å²) < 4.78 is 0. The predicted octanol–water partition coefficient (Wildman–Crippen LogP) is 1.39. The Bertz CT molecular complexity index is 180. The van der Waals surface area contributed by atoms with E-state index in [-0.39, 0.29) is 0 Å². The van der Waals surface area contributed by atoms with Crippen LogP contribution in [0.4, 0.5) is 0 Å². The third-order valence-corrected chi connectivity index (χ3v) is 4.02. The molecule has 0 aromatic rings. The van der Waals surface area contributed by atoms with Crippen molar-refractivity contribution in [1.29, 1.82) is 0 Å². The van der Waals surface area contributed by atoms with Crippen LogP contribution in [0.15, 0.2) is 0 Å². The second kappa shape index (κ2) is 7.25. The monoisotopic (exact) mass is 227 g/mol. The molecule has 0 saturated carbocycles. The summed E-state index contributed by atoms with van der Waals surface area (Å²) in [5.41, 5.74) is 5.74. The molecule has 16 heavy (non-hydrogen) atoms. The van der Waals surface area contributed by atoms with Crippen molar-refractivity contribution in [3.63, 3.8) is 0 Å². The lowest BCUT2D eigenvalue weighted by molar-refractivity contribution is 0.0841. The average molecular weight is 227 g/mol. The van der Waals surface area contributed by atoms with E-state index in [9.17, 15) is 0 Å². The summed E-state index contributed by atoms with van der Waals surface area (Å²) in [5, 5.41) is 0. The highest BCUT2D eigenvalue weighted by Crippen LogP contribution is 2.12. The van der Waals surface area contributed by atoms with Gasteiger partial charge in [0.05, 0.1) is 0 Å². The molecule has 0 bridgehead atoms. The van der Waals surface area contributed by atoms with E-state index in [4.69, 9.17) is 5.73 Å². The molecule has 0 spiro atoms. The minimum atomic E-state index is 0.719. The van der Waals surface area contributed by atoms with Crippen molar-refractivity contribution in [2.75, 3.05) is 39.3 Å². The molecular weight excluding hydrogens is 198 g/mol. The second-order valence-corrected chi connectivity index (χ2v) is 5.08. The van der Waals surface area contributed by atoms with Crippen molar-refractivity contribution in [3.8, 4) is 0 Å². The summed E-state index contributed by atoms with van der Waals surface area (Å²) in [4.78, 5) is 5.17. The van der Waals surface area contributed by atoms with Crippen molar-refractivity contribution in [2.45, 2.75) is 39.7 Å². The van der Waals surface area contributed by atoms with E-state index in [1.54, 1.807) is 0 Å². The quantitative estimate of drug-likeness (QED) is 0.744. The van der Waals surface area contributed by atoms with Crippen LogP contribution in [-0.4, -0.2) is 55.1 Å². The fourth-order valence-corrected chi connectivity index (χ4v) is 2.60. The van der Waals surface area contributed by atoms with E-state index in [1.807, 2.05) is 0 Å². The summed E-state index contributed by atoms with van der Waals surface area (Å²) in [5.74, 6) is 0.722. The number of piperazine rings is 1. The van der Waals surface area contributed by atoms with Gasteiger partial charge in [0, 0.05) is 25.7 Å². The Morgan fingerprint density at radius 1 is 1.31 bits per heavy atom. The highest BCUT2D eigenvalue weighted by Gasteiger charge is 2.22. The third kappa shape index (κ3) is 4.04. The van der Waals surface area contributed by atoms with Crippen LogP contribution in [0.3, 0.4) is 0 Å². The minimum absolute atomic E-state index is 0.719. The van der Waals surface area contributed by atoms with E-state index in [2.05, 4.69) is 30.6 Å². The zero-order valence-corrected chi connectivity index (χ0v) is 11.3. The van der Waals surface area contributed by atoms with Gasteiger partial charge >= 0.3 is 0 Å². The van der Waals surface area contributed by atoms with E-state index >= 15 is 0 Å². The van der Waals surface area contributed by atoms with E-state index < -0.39 is 0 Å². The lowest BCUT2D eigenvalue weighted by atomic mass is 10.0. The lowest BCUT2D eigenvalue weighted by Crippen LogP contribution is -2.51. The number of hydrogen-bond acceptors (Lipinski definition) is 3. The van der Waals surface area contributed by atoms with Gasteiger partial charge in [0.25, 0.3) is 0 Å². The van der Waals surface area contributed by atoms with Gasteiger partial charge in [0.1, 0.15) is 0 Å². The minimum Gasteiger partial charge on any atom is -0.330 e. The van der Waals surface area contributed by atoms with Gasteiger partial charge in [0.15, 0.2) is 0 Å². The van der Waals surface area contributed by atoms with E-state index in [0.29, 0.717) is 0 Å². The fraction of sp³-hybridized carbons (Fsp3) is 1.00. The maximum atomic E-state index is 5.74. The SMILES string of the molecule is CCC(CN)CCN1CCN(CC)C(C)C1. The van der Waals surface area contributed by atoms with Crippen LogP contribution in [0.25, 0.3) is 0 Å². The molecule has 1 saturated heterocycles. The first-order chi connectivity index (χ1) is 7.71. The van der Waals surface area contributed by atoms with Crippen LogP contribution >= 0.6 is 0 Å². The normalized spacial score (nSPS) is 25.9. The van der Waals surface area contributed by atoms with Crippen LogP contribution in [0.2, 0.25) is 0 Å². The molecular formula is C13H29N3. The molecule has 3 nitrogen and oxygen atoms in total. The molecule has 0 aromatic carbocycles. The smallest absolute Gasteiger partial charge is 0.0195 e. The summed E-state index contributed by atoms with van der Waals surface area (Å²) >= 11 is 0. The lowest BCUT2D eigenvalue weighted by Gasteiger charge is -2.39. The van der Waals surface area contributed by atoms with Gasteiger partial charge in [-0.2, -0.15) is 0 Å². The summed E-state index contributed by atoms with van der Waals surface area (Å²) in [6.45, 7) is 13.8. The molecule has 2 N–H and O–H groups in total. The third-order valence-electron chi connectivity index (χ3n) is 4.02. The van der Waals surface area contributed by atoms with Crippen molar-refractivity contribution in [2.24, 2.45) is 11.7 Å². The van der Waals surface area contributed by atoms with Crippen LogP contribution in [0.1, 0.15) is 33.6 Å². The van der Waals surface area contributed by atoms with E-state index in [0.717, 1.165) is 18.5 Å². The molecule has 1 fully saturated rings. The second-order valence-electron chi connectivity index (χ2n) is 5.08. The number of likely N-dealkylation sites (N-methyl/N-ethyl adjacent to an activating group) is 1. The molecule has 1 rings (SSSR count). The number of rotatable bonds is 6. The molecule has 1 heterocycles. The fourth-order valence-electron chi connectivity index (χ4n) is 2.60. The Morgan fingerprint density at radius 3 is 2.56 bits per heavy atom. The van der Waals surface area contributed by atoms with Crippen molar-refractivity contribution in [3.05, 3.63) is 0 Å². The van der Waals surface area contributed by atoms with Gasteiger partial charge < -0.3 is 10.6 Å². The zero-order valence-electron chi connectivity index (χ0n) is 11.3. The highest BCUT2D eigenvalue weighted by atomic mass is 15.3. The molecule has 1 aliphatic rings. The Morgan fingerprint density at radius 2 is 2.06 bits per heavy atom. The maximum absolute atomic E-state index is 5.74. The number of nitrogens with two attached hydrogens (primary N) is 1. The van der Waals surface area contributed by atoms with Gasteiger partial charge in [-0.15, -0.1) is 0 Å². The molecule has 0 radical (unpaired) electrons. The first-order valence-electron chi connectivity index (χ1n) is 6.87. The Balaban J connectivity index is 2.24. The van der Waals surface area contributed by atoms with Gasteiger partial charge in [-0.25, -0.2) is 0 Å². The molecule has 2 unspecified atom stereocenters. The van der Waals surface area contributed by atoms with Gasteiger partial charge in [-0.3, -0.25) is 4.90 Å². The summed E-state index contributed by atoms with van der Waals surface area (Å²) in [6.07, 6.45) is 2.49. The zero-order chi connectivity index (χ0) is 12.0. The van der Waals surface area contributed by atoms with Crippen LogP contribution in [-0.2, 0) is 0 Å². The predicted molar refractivity (Wildman–Crippen MR) is 70.6 cm³/mol. The number of nitrogens with zero attached hydrogens (tertiary/aromatic N) is 2. The largest absolute Gasteiger partial charge is 0.330 e. The highest BCUT2D eigenvalue weighted by molar-refractivity contribution is 4.78. The van der Waals surface area contributed by atoms with Crippen LogP contribution < -0.4 is 5.73 Å².